The minimum Gasteiger partial charge on any atom is -0.480 e. The van der Waals surface area contributed by atoms with Crippen molar-refractivity contribution in [2.75, 3.05) is 0 Å². The Kier molecular flexibility index (Phi) is 2.48. The standard InChI is InChI=1S/C10H15N3O2/c1-6(8(11)10(14)15)13-5-4-12-9(13)7-2-3-7/h4-8H,2-3,11H2,1H3,(H,14,15). The average Bonchev–Trinajstić information content (AvgIpc) is 2.94. The molecule has 3 N–H and O–H groups in total. The second kappa shape index (κ2) is 3.66. The Hall–Kier alpha value is -1.36. The Morgan fingerprint density at radius 2 is 2.40 bits per heavy atom. The fraction of sp³-hybridized carbons (Fsp3) is 0.600. The van der Waals surface area contributed by atoms with Crippen molar-refractivity contribution in [3.63, 3.8) is 0 Å². The number of rotatable bonds is 4. The fourth-order valence-electron chi connectivity index (χ4n) is 1.71. The smallest absolute Gasteiger partial charge is 0.322 e. The van der Waals surface area contributed by atoms with Crippen LogP contribution in [0.25, 0.3) is 0 Å². The van der Waals surface area contributed by atoms with Crippen LogP contribution in [0.2, 0.25) is 0 Å². The first-order valence-electron chi connectivity index (χ1n) is 5.12. The topological polar surface area (TPSA) is 81.1 Å². The summed E-state index contributed by atoms with van der Waals surface area (Å²) in [5.74, 6) is 0.501. The summed E-state index contributed by atoms with van der Waals surface area (Å²) < 4.78 is 1.89. The van der Waals surface area contributed by atoms with Crippen LogP contribution in [-0.2, 0) is 4.79 Å². The predicted octanol–water partition coefficient (Wildman–Crippen LogP) is 0.733. The lowest BCUT2D eigenvalue weighted by atomic mass is 10.1. The highest BCUT2D eigenvalue weighted by Gasteiger charge is 2.31. The highest BCUT2D eigenvalue weighted by Crippen LogP contribution is 2.39. The van der Waals surface area contributed by atoms with E-state index in [1.54, 1.807) is 12.4 Å². The maximum absolute atomic E-state index is 10.8. The third kappa shape index (κ3) is 1.87. The van der Waals surface area contributed by atoms with Crippen molar-refractivity contribution in [3.8, 4) is 0 Å². The van der Waals surface area contributed by atoms with Crippen LogP contribution in [0, 0.1) is 0 Å². The molecule has 0 amide bonds. The van der Waals surface area contributed by atoms with E-state index >= 15 is 0 Å². The number of nitrogens with zero attached hydrogens (tertiary/aromatic N) is 2. The van der Waals surface area contributed by atoms with Crippen LogP contribution in [0.3, 0.4) is 0 Å². The molecule has 2 atom stereocenters. The van der Waals surface area contributed by atoms with E-state index < -0.39 is 12.0 Å². The molecule has 0 radical (unpaired) electrons. The number of hydrogen-bond donors (Lipinski definition) is 2. The Morgan fingerprint density at radius 1 is 1.73 bits per heavy atom. The van der Waals surface area contributed by atoms with Crippen molar-refractivity contribution in [1.82, 2.24) is 9.55 Å². The second-order valence-electron chi connectivity index (χ2n) is 4.07. The third-order valence-corrected chi connectivity index (χ3v) is 2.88. The molecule has 5 nitrogen and oxygen atoms in total. The summed E-state index contributed by atoms with van der Waals surface area (Å²) in [6, 6.07) is -1.13. The van der Waals surface area contributed by atoms with Crippen molar-refractivity contribution in [3.05, 3.63) is 18.2 Å². The molecule has 82 valence electrons. The van der Waals surface area contributed by atoms with Crippen LogP contribution >= 0.6 is 0 Å². The van der Waals surface area contributed by atoms with Gasteiger partial charge >= 0.3 is 5.97 Å². The number of carboxylic acids is 1. The van der Waals surface area contributed by atoms with Gasteiger partial charge in [0.15, 0.2) is 0 Å². The van der Waals surface area contributed by atoms with Gasteiger partial charge in [-0.2, -0.15) is 0 Å². The Balaban J connectivity index is 2.20. The summed E-state index contributed by atoms with van der Waals surface area (Å²) in [7, 11) is 0. The van der Waals surface area contributed by atoms with E-state index in [9.17, 15) is 4.79 Å². The van der Waals surface area contributed by atoms with Crippen LogP contribution in [0.1, 0.15) is 37.5 Å². The van der Waals surface area contributed by atoms with Gasteiger partial charge in [0.05, 0.1) is 6.04 Å². The van der Waals surface area contributed by atoms with E-state index in [0.29, 0.717) is 5.92 Å². The molecule has 1 saturated carbocycles. The van der Waals surface area contributed by atoms with Crippen LogP contribution < -0.4 is 5.73 Å². The van der Waals surface area contributed by atoms with Gasteiger partial charge in [-0.1, -0.05) is 0 Å². The first kappa shape index (κ1) is 10.2. The zero-order valence-corrected chi connectivity index (χ0v) is 8.63. The van der Waals surface area contributed by atoms with Crippen LogP contribution in [0.5, 0.6) is 0 Å². The van der Waals surface area contributed by atoms with Gasteiger partial charge in [-0.05, 0) is 19.8 Å². The molecule has 0 bridgehead atoms. The lowest BCUT2D eigenvalue weighted by molar-refractivity contribution is -0.139. The number of aromatic nitrogens is 2. The maximum Gasteiger partial charge on any atom is 0.322 e. The van der Waals surface area contributed by atoms with Gasteiger partial charge in [-0.3, -0.25) is 4.79 Å². The third-order valence-electron chi connectivity index (χ3n) is 2.88. The minimum atomic E-state index is -0.974. The molecule has 2 unspecified atom stereocenters. The van der Waals surface area contributed by atoms with Gasteiger partial charge in [-0.25, -0.2) is 4.98 Å². The normalized spacial score (nSPS) is 19.9. The molecule has 1 aliphatic carbocycles. The maximum atomic E-state index is 10.8. The summed E-state index contributed by atoms with van der Waals surface area (Å²) in [4.78, 5) is 15.0. The molecule has 0 spiro atoms. The zero-order valence-electron chi connectivity index (χ0n) is 8.63. The summed E-state index contributed by atoms with van der Waals surface area (Å²) in [6.07, 6.45) is 5.80. The lowest BCUT2D eigenvalue weighted by Gasteiger charge is -2.19. The monoisotopic (exact) mass is 209 g/mol. The summed E-state index contributed by atoms with van der Waals surface area (Å²) in [6.45, 7) is 1.81. The average molecular weight is 209 g/mol. The van der Waals surface area contributed by atoms with Crippen LogP contribution in [0.15, 0.2) is 12.4 Å². The molecule has 1 aliphatic rings. The minimum absolute atomic E-state index is 0.249. The van der Waals surface area contributed by atoms with E-state index in [2.05, 4.69) is 4.98 Å². The summed E-state index contributed by atoms with van der Waals surface area (Å²) in [5, 5.41) is 8.84. The Morgan fingerprint density at radius 3 is 2.93 bits per heavy atom. The molecule has 0 aliphatic heterocycles. The molecule has 5 heteroatoms. The quantitative estimate of drug-likeness (QED) is 0.766. The van der Waals surface area contributed by atoms with E-state index in [0.717, 1.165) is 18.7 Å². The van der Waals surface area contributed by atoms with Crippen molar-refractivity contribution in [2.45, 2.75) is 37.8 Å². The van der Waals surface area contributed by atoms with Gasteiger partial charge in [0.1, 0.15) is 11.9 Å². The highest BCUT2D eigenvalue weighted by atomic mass is 16.4. The van der Waals surface area contributed by atoms with Gasteiger partial charge in [0, 0.05) is 18.3 Å². The Labute approximate surface area is 87.9 Å². The van der Waals surface area contributed by atoms with Crippen molar-refractivity contribution < 1.29 is 9.90 Å². The molecule has 2 rings (SSSR count). The largest absolute Gasteiger partial charge is 0.480 e. The molecule has 0 saturated heterocycles. The fourth-order valence-corrected chi connectivity index (χ4v) is 1.71. The van der Waals surface area contributed by atoms with E-state index in [4.69, 9.17) is 10.8 Å². The molecule has 1 heterocycles. The Bertz CT molecular complexity index is 370. The first-order valence-corrected chi connectivity index (χ1v) is 5.12. The molecular formula is C10H15N3O2. The number of nitrogens with two attached hydrogens (primary N) is 1. The van der Waals surface area contributed by atoms with Gasteiger partial charge in [-0.15, -0.1) is 0 Å². The number of carboxylic acid groups (broad SMARTS) is 1. The van der Waals surface area contributed by atoms with E-state index in [1.807, 2.05) is 11.5 Å². The summed E-state index contributed by atoms with van der Waals surface area (Å²) >= 11 is 0. The number of aliphatic carboxylic acids is 1. The molecular weight excluding hydrogens is 194 g/mol. The van der Waals surface area contributed by atoms with Gasteiger partial charge in [0.25, 0.3) is 0 Å². The molecule has 1 aromatic heterocycles. The predicted molar refractivity (Wildman–Crippen MR) is 54.5 cm³/mol. The lowest BCUT2D eigenvalue weighted by Crippen LogP contribution is -2.38. The first-order chi connectivity index (χ1) is 7.11. The van der Waals surface area contributed by atoms with E-state index in [-0.39, 0.29) is 6.04 Å². The number of imidazole rings is 1. The molecule has 15 heavy (non-hydrogen) atoms. The highest BCUT2D eigenvalue weighted by molar-refractivity contribution is 5.73. The van der Waals surface area contributed by atoms with Gasteiger partial charge < -0.3 is 15.4 Å². The van der Waals surface area contributed by atoms with Crippen molar-refractivity contribution in [2.24, 2.45) is 5.73 Å². The zero-order chi connectivity index (χ0) is 11.0. The van der Waals surface area contributed by atoms with Crippen LogP contribution in [0.4, 0.5) is 0 Å². The second-order valence-corrected chi connectivity index (χ2v) is 4.07. The number of carbonyl (C=O) groups is 1. The van der Waals surface area contributed by atoms with Crippen molar-refractivity contribution in [1.29, 1.82) is 0 Å². The number of hydrogen-bond acceptors (Lipinski definition) is 3. The van der Waals surface area contributed by atoms with Crippen molar-refractivity contribution >= 4 is 5.97 Å². The summed E-state index contributed by atoms with van der Waals surface area (Å²) in [5.41, 5.74) is 5.59. The molecule has 1 aromatic rings. The SMILES string of the molecule is CC(C(N)C(=O)O)n1ccnc1C1CC1. The van der Waals surface area contributed by atoms with Crippen LogP contribution in [-0.4, -0.2) is 26.7 Å². The van der Waals surface area contributed by atoms with E-state index in [1.165, 1.54) is 0 Å². The molecule has 1 fully saturated rings. The molecule has 0 aromatic carbocycles. The van der Waals surface area contributed by atoms with Gasteiger partial charge in [0.2, 0.25) is 0 Å².